The van der Waals surface area contributed by atoms with Crippen molar-refractivity contribution in [3.05, 3.63) is 71.5 Å². The second-order valence-electron chi connectivity index (χ2n) is 5.65. The Morgan fingerprint density at radius 1 is 1.05 bits per heavy atom. The van der Waals surface area contributed by atoms with Crippen LogP contribution in [-0.2, 0) is 12.0 Å². The van der Waals surface area contributed by atoms with Crippen LogP contribution < -0.4 is 0 Å². The zero-order valence-electron chi connectivity index (χ0n) is 12.5. The second kappa shape index (κ2) is 5.38. The minimum Gasteiger partial charge on any atom is -0.458 e. The number of aryl methyl sites for hydroxylation is 1. The fraction of sp³-hybridized carbons (Fsp3) is 0.263. The molecule has 3 aromatic rings. The molecule has 0 saturated carbocycles. The summed E-state index contributed by atoms with van der Waals surface area (Å²) in [5.41, 5.74) is 2.11. The first-order valence-electron chi connectivity index (χ1n) is 7.38. The number of para-hydroxylation sites is 1. The molecule has 3 rings (SSSR count). The molecule has 1 N–H and O–H groups in total. The first-order valence-corrected chi connectivity index (χ1v) is 7.38. The number of hydrogen-bond donors (Lipinski definition) is 1. The fourth-order valence-electron chi connectivity index (χ4n) is 2.76. The smallest absolute Gasteiger partial charge is 0.137 e. The normalized spacial score (nSPS) is 14.2. The van der Waals surface area contributed by atoms with Gasteiger partial charge in [-0.05, 0) is 30.5 Å². The molecule has 1 heterocycles. The summed E-state index contributed by atoms with van der Waals surface area (Å²) in [7, 11) is 0. The SMILES string of the molecule is CCC(O)(Cc1ccccc1)c1cc2cccc(C)c2o1. The third-order valence-electron chi connectivity index (χ3n) is 4.12. The van der Waals surface area contributed by atoms with Gasteiger partial charge in [0.1, 0.15) is 16.9 Å². The lowest BCUT2D eigenvalue weighted by Crippen LogP contribution is -2.27. The summed E-state index contributed by atoms with van der Waals surface area (Å²) < 4.78 is 5.98. The third-order valence-corrected chi connectivity index (χ3v) is 4.12. The summed E-state index contributed by atoms with van der Waals surface area (Å²) in [5, 5.41) is 12.1. The second-order valence-corrected chi connectivity index (χ2v) is 5.65. The van der Waals surface area contributed by atoms with Gasteiger partial charge in [0.15, 0.2) is 0 Å². The van der Waals surface area contributed by atoms with Crippen LogP contribution in [0.5, 0.6) is 0 Å². The molecule has 1 aromatic heterocycles. The molecule has 2 heteroatoms. The maximum Gasteiger partial charge on any atom is 0.137 e. The van der Waals surface area contributed by atoms with Gasteiger partial charge in [0.05, 0.1) is 0 Å². The van der Waals surface area contributed by atoms with Crippen molar-refractivity contribution in [2.75, 3.05) is 0 Å². The molecule has 21 heavy (non-hydrogen) atoms. The highest BCUT2D eigenvalue weighted by Gasteiger charge is 2.31. The van der Waals surface area contributed by atoms with E-state index in [9.17, 15) is 5.11 Å². The van der Waals surface area contributed by atoms with Crippen LogP contribution in [0.2, 0.25) is 0 Å². The van der Waals surface area contributed by atoms with E-state index in [4.69, 9.17) is 4.42 Å². The highest BCUT2D eigenvalue weighted by atomic mass is 16.4. The zero-order valence-corrected chi connectivity index (χ0v) is 12.5. The van der Waals surface area contributed by atoms with Gasteiger partial charge in [0, 0.05) is 11.8 Å². The predicted molar refractivity (Wildman–Crippen MR) is 85.3 cm³/mol. The van der Waals surface area contributed by atoms with Crippen molar-refractivity contribution in [3.8, 4) is 0 Å². The van der Waals surface area contributed by atoms with Crippen LogP contribution in [0.3, 0.4) is 0 Å². The predicted octanol–water partition coefficient (Wildman–Crippen LogP) is 4.58. The van der Waals surface area contributed by atoms with Gasteiger partial charge in [-0.3, -0.25) is 0 Å². The number of furan rings is 1. The van der Waals surface area contributed by atoms with E-state index in [-0.39, 0.29) is 0 Å². The van der Waals surface area contributed by atoms with Crippen LogP contribution in [0.25, 0.3) is 11.0 Å². The highest BCUT2D eigenvalue weighted by Crippen LogP contribution is 2.34. The van der Waals surface area contributed by atoms with Crippen molar-refractivity contribution < 1.29 is 9.52 Å². The van der Waals surface area contributed by atoms with Crippen LogP contribution in [0.1, 0.15) is 30.2 Å². The Morgan fingerprint density at radius 2 is 1.81 bits per heavy atom. The van der Waals surface area contributed by atoms with E-state index in [0.29, 0.717) is 18.6 Å². The highest BCUT2D eigenvalue weighted by molar-refractivity contribution is 5.81. The van der Waals surface area contributed by atoms with Crippen LogP contribution in [0.4, 0.5) is 0 Å². The van der Waals surface area contributed by atoms with E-state index in [0.717, 1.165) is 22.1 Å². The lowest BCUT2D eigenvalue weighted by Gasteiger charge is -2.24. The molecule has 0 bridgehead atoms. The Morgan fingerprint density at radius 3 is 2.48 bits per heavy atom. The molecule has 0 radical (unpaired) electrons. The number of hydrogen-bond acceptors (Lipinski definition) is 2. The van der Waals surface area contributed by atoms with Gasteiger partial charge in [0.25, 0.3) is 0 Å². The van der Waals surface area contributed by atoms with Gasteiger partial charge < -0.3 is 9.52 Å². The van der Waals surface area contributed by atoms with Crippen molar-refractivity contribution in [1.29, 1.82) is 0 Å². The average molecular weight is 280 g/mol. The lowest BCUT2D eigenvalue weighted by molar-refractivity contribution is 0.0124. The van der Waals surface area contributed by atoms with Gasteiger partial charge in [-0.15, -0.1) is 0 Å². The topological polar surface area (TPSA) is 33.4 Å². The molecule has 2 nitrogen and oxygen atoms in total. The minimum atomic E-state index is -0.965. The Balaban J connectivity index is 2.02. The summed E-state index contributed by atoms with van der Waals surface area (Å²) in [6.07, 6.45) is 1.17. The molecular weight excluding hydrogens is 260 g/mol. The van der Waals surface area contributed by atoms with Gasteiger partial charge in [-0.1, -0.05) is 55.5 Å². The maximum atomic E-state index is 11.0. The first-order chi connectivity index (χ1) is 10.1. The van der Waals surface area contributed by atoms with Crippen molar-refractivity contribution in [3.63, 3.8) is 0 Å². The Bertz CT molecular complexity index is 743. The number of benzene rings is 2. The van der Waals surface area contributed by atoms with Gasteiger partial charge in [0.2, 0.25) is 0 Å². The summed E-state index contributed by atoms with van der Waals surface area (Å²) in [4.78, 5) is 0. The van der Waals surface area contributed by atoms with Crippen LogP contribution >= 0.6 is 0 Å². The number of rotatable bonds is 4. The number of aliphatic hydroxyl groups is 1. The summed E-state index contributed by atoms with van der Waals surface area (Å²) in [6, 6.07) is 18.1. The molecule has 108 valence electrons. The summed E-state index contributed by atoms with van der Waals surface area (Å²) in [5.74, 6) is 0.651. The summed E-state index contributed by atoms with van der Waals surface area (Å²) >= 11 is 0. The van der Waals surface area contributed by atoms with Crippen molar-refractivity contribution in [1.82, 2.24) is 0 Å². The van der Waals surface area contributed by atoms with Crippen molar-refractivity contribution in [2.24, 2.45) is 0 Å². The largest absolute Gasteiger partial charge is 0.458 e. The van der Waals surface area contributed by atoms with Crippen LogP contribution in [0.15, 0.2) is 59.0 Å². The van der Waals surface area contributed by atoms with E-state index in [1.165, 1.54) is 0 Å². The molecule has 0 saturated heterocycles. The van der Waals surface area contributed by atoms with E-state index in [2.05, 4.69) is 0 Å². The Labute approximate surface area is 125 Å². The molecule has 1 unspecified atom stereocenters. The third kappa shape index (κ3) is 2.59. The van der Waals surface area contributed by atoms with Gasteiger partial charge in [-0.25, -0.2) is 0 Å². The fourth-order valence-corrected chi connectivity index (χ4v) is 2.76. The van der Waals surface area contributed by atoms with Crippen LogP contribution in [0, 0.1) is 6.92 Å². The molecule has 0 fully saturated rings. The molecule has 2 aromatic carbocycles. The molecule has 0 aliphatic carbocycles. The van der Waals surface area contributed by atoms with Gasteiger partial charge in [-0.2, -0.15) is 0 Å². The van der Waals surface area contributed by atoms with Gasteiger partial charge >= 0.3 is 0 Å². The van der Waals surface area contributed by atoms with Crippen molar-refractivity contribution >= 4 is 11.0 Å². The average Bonchev–Trinajstić information content (AvgIpc) is 2.94. The molecular formula is C19H20O2. The first kappa shape index (κ1) is 13.9. The van der Waals surface area contributed by atoms with E-state index in [1.807, 2.05) is 68.4 Å². The lowest BCUT2D eigenvalue weighted by atomic mass is 9.89. The maximum absolute atomic E-state index is 11.0. The quantitative estimate of drug-likeness (QED) is 0.758. The zero-order chi connectivity index (χ0) is 14.9. The number of fused-ring (bicyclic) bond motifs is 1. The van der Waals surface area contributed by atoms with Crippen molar-refractivity contribution in [2.45, 2.75) is 32.3 Å². The Kier molecular flexibility index (Phi) is 3.56. The standard InChI is InChI=1S/C19H20O2/c1-3-19(20,13-15-9-5-4-6-10-15)17-12-16-11-7-8-14(2)18(16)21-17/h4-12,20H,3,13H2,1-2H3. The van der Waals surface area contributed by atoms with E-state index in [1.54, 1.807) is 0 Å². The molecule has 0 spiro atoms. The van der Waals surface area contributed by atoms with Crippen LogP contribution in [-0.4, -0.2) is 5.11 Å². The molecule has 0 amide bonds. The molecule has 0 aliphatic rings. The monoisotopic (exact) mass is 280 g/mol. The van der Waals surface area contributed by atoms with E-state index < -0.39 is 5.60 Å². The Hall–Kier alpha value is -2.06. The molecule has 1 atom stereocenters. The van der Waals surface area contributed by atoms with E-state index >= 15 is 0 Å². The minimum absolute atomic E-state index is 0.559. The molecule has 0 aliphatic heterocycles. The summed E-state index contributed by atoms with van der Waals surface area (Å²) in [6.45, 7) is 4.01.